The molecule has 0 radical (unpaired) electrons. The van der Waals surface area contributed by atoms with E-state index < -0.39 is 0 Å². The van der Waals surface area contributed by atoms with Crippen LogP contribution in [0.2, 0.25) is 0 Å². The van der Waals surface area contributed by atoms with Gasteiger partial charge in [-0.1, -0.05) is 0 Å². The molecule has 1 fully saturated rings. The zero-order chi connectivity index (χ0) is 10.7. The maximum absolute atomic E-state index is 12.8. The molecule has 1 aliphatic rings. The van der Waals surface area contributed by atoms with Crippen molar-refractivity contribution in [1.29, 1.82) is 0 Å². The third kappa shape index (κ3) is 2.59. The van der Waals surface area contributed by atoms with Crippen LogP contribution in [-0.4, -0.2) is 19.3 Å². The molecule has 2 N–H and O–H groups in total. The molecule has 82 valence electrons. The number of ether oxygens (including phenoxy) is 2. The van der Waals surface area contributed by atoms with Crippen LogP contribution in [0.25, 0.3) is 0 Å². The second kappa shape index (κ2) is 4.49. The highest BCUT2D eigenvalue weighted by atomic mass is 19.1. The summed E-state index contributed by atoms with van der Waals surface area (Å²) in [6, 6.07) is 4.16. The first-order valence-corrected chi connectivity index (χ1v) is 5.05. The fourth-order valence-electron chi connectivity index (χ4n) is 1.61. The molecule has 1 heterocycles. The summed E-state index contributed by atoms with van der Waals surface area (Å²) < 4.78 is 23.7. The largest absolute Gasteiger partial charge is 0.486 e. The normalized spacial score (nSPS) is 21.3. The fraction of sp³-hybridized carbons (Fsp3) is 0.455. The minimum absolute atomic E-state index is 0.0338. The van der Waals surface area contributed by atoms with Gasteiger partial charge in [0.15, 0.2) is 0 Å². The van der Waals surface area contributed by atoms with E-state index in [1.54, 1.807) is 6.07 Å². The van der Waals surface area contributed by atoms with Crippen molar-refractivity contribution in [1.82, 2.24) is 0 Å². The molecular formula is C11H14FNO2. The molecule has 0 spiro atoms. The van der Waals surface area contributed by atoms with E-state index in [4.69, 9.17) is 15.2 Å². The van der Waals surface area contributed by atoms with E-state index in [1.165, 1.54) is 12.1 Å². The van der Waals surface area contributed by atoms with Crippen molar-refractivity contribution >= 4 is 5.69 Å². The standard InChI is InChI=1S/C11H14FNO2/c12-8-3-4-11(10(13)6-8)15-9-2-1-5-14-7-9/h3-4,6,9H,1-2,5,7,13H2. The van der Waals surface area contributed by atoms with Crippen molar-refractivity contribution in [2.24, 2.45) is 0 Å². The summed E-state index contributed by atoms with van der Waals surface area (Å²) in [4.78, 5) is 0. The lowest BCUT2D eigenvalue weighted by atomic mass is 10.2. The average molecular weight is 211 g/mol. The maximum Gasteiger partial charge on any atom is 0.142 e. The first-order valence-electron chi connectivity index (χ1n) is 5.05. The van der Waals surface area contributed by atoms with Gasteiger partial charge in [-0.3, -0.25) is 0 Å². The van der Waals surface area contributed by atoms with Crippen LogP contribution < -0.4 is 10.5 Å². The Labute approximate surface area is 88.0 Å². The lowest BCUT2D eigenvalue weighted by Crippen LogP contribution is -2.28. The van der Waals surface area contributed by atoms with Gasteiger partial charge < -0.3 is 15.2 Å². The van der Waals surface area contributed by atoms with Gasteiger partial charge in [-0.05, 0) is 25.0 Å². The van der Waals surface area contributed by atoms with Gasteiger partial charge in [-0.25, -0.2) is 4.39 Å². The molecule has 0 aliphatic carbocycles. The van der Waals surface area contributed by atoms with Crippen molar-refractivity contribution < 1.29 is 13.9 Å². The van der Waals surface area contributed by atoms with Crippen molar-refractivity contribution in [2.45, 2.75) is 18.9 Å². The molecule has 2 rings (SSSR count). The molecule has 1 aromatic carbocycles. The molecule has 1 atom stereocenters. The van der Waals surface area contributed by atoms with Gasteiger partial charge in [0.25, 0.3) is 0 Å². The molecule has 0 saturated carbocycles. The number of nitrogens with two attached hydrogens (primary N) is 1. The molecule has 0 amide bonds. The quantitative estimate of drug-likeness (QED) is 0.760. The molecule has 1 unspecified atom stereocenters. The molecule has 1 aliphatic heterocycles. The number of halogens is 1. The topological polar surface area (TPSA) is 44.5 Å². The Kier molecular flexibility index (Phi) is 3.06. The summed E-state index contributed by atoms with van der Waals surface area (Å²) in [6.45, 7) is 1.37. The summed E-state index contributed by atoms with van der Waals surface area (Å²) in [6.07, 6.45) is 1.98. The van der Waals surface area contributed by atoms with Crippen LogP contribution in [0.1, 0.15) is 12.8 Å². The van der Waals surface area contributed by atoms with E-state index >= 15 is 0 Å². The number of benzene rings is 1. The Hall–Kier alpha value is -1.29. The van der Waals surface area contributed by atoms with Gasteiger partial charge in [0.2, 0.25) is 0 Å². The molecule has 3 nitrogen and oxygen atoms in total. The summed E-state index contributed by atoms with van der Waals surface area (Å²) in [5.74, 6) is 0.187. The van der Waals surface area contributed by atoms with E-state index in [1.807, 2.05) is 0 Å². The Morgan fingerprint density at radius 2 is 2.33 bits per heavy atom. The van der Waals surface area contributed by atoms with Crippen LogP contribution in [0.5, 0.6) is 5.75 Å². The molecule has 0 aromatic heterocycles. The summed E-state index contributed by atoms with van der Waals surface area (Å²) in [5.41, 5.74) is 5.97. The van der Waals surface area contributed by atoms with E-state index in [-0.39, 0.29) is 11.9 Å². The van der Waals surface area contributed by atoms with E-state index in [0.717, 1.165) is 19.4 Å². The lowest BCUT2D eigenvalue weighted by Gasteiger charge is -2.23. The molecule has 1 aromatic rings. The monoisotopic (exact) mass is 211 g/mol. The fourth-order valence-corrected chi connectivity index (χ4v) is 1.61. The van der Waals surface area contributed by atoms with Gasteiger partial charge in [0.05, 0.1) is 12.3 Å². The summed E-state index contributed by atoms with van der Waals surface area (Å²) >= 11 is 0. The predicted molar refractivity (Wildman–Crippen MR) is 55.3 cm³/mol. The van der Waals surface area contributed by atoms with Crippen molar-refractivity contribution in [3.05, 3.63) is 24.0 Å². The van der Waals surface area contributed by atoms with E-state index in [0.29, 0.717) is 18.0 Å². The highest BCUT2D eigenvalue weighted by Gasteiger charge is 2.16. The number of rotatable bonds is 2. The third-order valence-corrected chi connectivity index (χ3v) is 2.38. The average Bonchev–Trinajstić information content (AvgIpc) is 2.24. The smallest absolute Gasteiger partial charge is 0.142 e. The molecule has 1 saturated heterocycles. The SMILES string of the molecule is Nc1cc(F)ccc1OC1CCCOC1. The summed E-state index contributed by atoms with van der Waals surface area (Å²) in [7, 11) is 0. The van der Waals surface area contributed by atoms with E-state index in [2.05, 4.69) is 0 Å². The highest BCUT2D eigenvalue weighted by Crippen LogP contribution is 2.24. The lowest BCUT2D eigenvalue weighted by molar-refractivity contribution is 0.00773. The number of anilines is 1. The van der Waals surface area contributed by atoms with Gasteiger partial charge in [0, 0.05) is 12.7 Å². The third-order valence-electron chi connectivity index (χ3n) is 2.38. The molecule has 15 heavy (non-hydrogen) atoms. The Balaban J connectivity index is 2.03. The minimum atomic E-state index is -0.347. The second-order valence-electron chi connectivity index (χ2n) is 3.64. The number of hydrogen-bond acceptors (Lipinski definition) is 3. The zero-order valence-corrected chi connectivity index (χ0v) is 8.41. The van der Waals surface area contributed by atoms with Crippen LogP contribution >= 0.6 is 0 Å². The van der Waals surface area contributed by atoms with Crippen LogP contribution in [0.3, 0.4) is 0 Å². The van der Waals surface area contributed by atoms with Crippen LogP contribution in [0, 0.1) is 5.82 Å². The molecule has 0 bridgehead atoms. The predicted octanol–water partition coefficient (Wildman–Crippen LogP) is 1.97. The molecular weight excluding hydrogens is 197 g/mol. The van der Waals surface area contributed by atoms with Crippen LogP contribution in [-0.2, 0) is 4.74 Å². The molecule has 4 heteroatoms. The van der Waals surface area contributed by atoms with Crippen molar-refractivity contribution in [2.75, 3.05) is 18.9 Å². The van der Waals surface area contributed by atoms with Gasteiger partial charge in [-0.15, -0.1) is 0 Å². The Morgan fingerprint density at radius 3 is 3.00 bits per heavy atom. The maximum atomic E-state index is 12.8. The Morgan fingerprint density at radius 1 is 1.47 bits per heavy atom. The summed E-state index contributed by atoms with van der Waals surface area (Å²) in [5, 5.41) is 0. The van der Waals surface area contributed by atoms with Crippen molar-refractivity contribution in [3.8, 4) is 5.75 Å². The van der Waals surface area contributed by atoms with Crippen LogP contribution in [0.15, 0.2) is 18.2 Å². The van der Waals surface area contributed by atoms with Gasteiger partial charge in [-0.2, -0.15) is 0 Å². The highest BCUT2D eigenvalue weighted by molar-refractivity contribution is 5.52. The zero-order valence-electron chi connectivity index (χ0n) is 8.41. The van der Waals surface area contributed by atoms with Crippen LogP contribution in [0.4, 0.5) is 10.1 Å². The second-order valence-corrected chi connectivity index (χ2v) is 3.64. The minimum Gasteiger partial charge on any atom is -0.486 e. The van der Waals surface area contributed by atoms with E-state index in [9.17, 15) is 4.39 Å². The number of nitrogen functional groups attached to an aromatic ring is 1. The number of hydrogen-bond donors (Lipinski definition) is 1. The Bertz CT molecular complexity index is 337. The van der Waals surface area contributed by atoms with Crippen molar-refractivity contribution in [3.63, 3.8) is 0 Å². The first-order chi connectivity index (χ1) is 7.25. The van der Waals surface area contributed by atoms with Gasteiger partial charge in [0.1, 0.15) is 17.7 Å². The first kappa shape index (κ1) is 10.2. The van der Waals surface area contributed by atoms with Gasteiger partial charge >= 0.3 is 0 Å².